The first kappa shape index (κ1) is 27.0. The molecule has 4 aromatic rings. The molecule has 188 valence electrons. The number of nitrogens with zero attached hydrogens (tertiary/aromatic N) is 5. The first-order valence-electron chi connectivity index (χ1n) is 11.4. The van der Waals surface area contributed by atoms with Crippen molar-refractivity contribution in [1.29, 1.82) is 0 Å². The lowest BCUT2D eigenvalue weighted by molar-refractivity contribution is 0.456. The first-order chi connectivity index (χ1) is 17.8. The number of benzene rings is 3. The van der Waals surface area contributed by atoms with Gasteiger partial charge in [0.05, 0.1) is 11.4 Å². The molecule has 9 heteroatoms. The Balaban J connectivity index is 0.000000270. The van der Waals surface area contributed by atoms with Crippen molar-refractivity contribution < 1.29 is 10.2 Å². The molecule has 3 aromatic carbocycles. The third kappa shape index (κ3) is 6.27. The van der Waals surface area contributed by atoms with Crippen molar-refractivity contribution in [1.82, 2.24) is 15.0 Å². The lowest BCUT2D eigenvalue weighted by Gasteiger charge is -2.13. The molecule has 0 unspecified atom stereocenters. The summed E-state index contributed by atoms with van der Waals surface area (Å²) in [5.41, 5.74) is 6.27. The molecule has 0 atom stereocenters. The minimum absolute atomic E-state index is 0.117. The highest BCUT2D eigenvalue weighted by Crippen LogP contribution is 2.34. The fourth-order valence-corrected chi connectivity index (χ4v) is 5.40. The van der Waals surface area contributed by atoms with E-state index in [4.69, 9.17) is 0 Å². The molecule has 1 aromatic heterocycles. The zero-order valence-corrected chi connectivity index (χ0v) is 24.8. The predicted octanol–water partition coefficient (Wildman–Crippen LogP) is 6.19. The Morgan fingerprint density at radius 1 is 0.784 bits per heavy atom. The van der Waals surface area contributed by atoms with Gasteiger partial charge in [0.25, 0.3) is 0 Å². The van der Waals surface area contributed by atoms with E-state index in [-0.39, 0.29) is 11.5 Å². The van der Waals surface area contributed by atoms with E-state index < -0.39 is 0 Å². The highest BCUT2D eigenvalue weighted by Gasteiger charge is 2.16. The van der Waals surface area contributed by atoms with E-state index in [1.807, 2.05) is 79.8 Å². The number of hydrogen-bond donors (Lipinski definition) is 2. The molecule has 0 spiro atoms. The zero-order chi connectivity index (χ0) is 26.5. The molecule has 7 nitrogen and oxygen atoms in total. The number of aliphatic imine (C=N–C) groups is 2. The second kappa shape index (κ2) is 12.0. The van der Waals surface area contributed by atoms with Crippen LogP contribution < -0.4 is 0 Å². The molecule has 1 heterocycles. The van der Waals surface area contributed by atoms with Gasteiger partial charge in [-0.2, -0.15) is 0 Å². The van der Waals surface area contributed by atoms with Crippen LogP contribution in [0.4, 0.5) is 0 Å². The largest absolute Gasteiger partial charge is 0.507 e. The molecule has 5 rings (SSSR count). The summed E-state index contributed by atoms with van der Waals surface area (Å²) in [6.07, 6.45) is 8.22. The summed E-state index contributed by atoms with van der Waals surface area (Å²) in [6.45, 7) is 1.88. The van der Waals surface area contributed by atoms with E-state index in [0.29, 0.717) is 12.1 Å². The van der Waals surface area contributed by atoms with E-state index in [2.05, 4.69) is 65.4 Å². The maximum atomic E-state index is 10.9. The summed E-state index contributed by atoms with van der Waals surface area (Å²) in [4.78, 5) is 9.56. The third-order valence-electron chi connectivity index (χ3n) is 5.72. The maximum absolute atomic E-state index is 10.9. The number of phenolic OH excluding ortho intramolecular Hbond substituents is 2. The van der Waals surface area contributed by atoms with Crippen LogP contribution >= 0.6 is 45.2 Å². The summed E-state index contributed by atoms with van der Waals surface area (Å²) in [5.74, 6) is 0.379. The fourth-order valence-electron chi connectivity index (χ4n) is 3.88. The van der Waals surface area contributed by atoms with Crippen LogP contribution in [-0.4, -0.2) is 50.7 Å². The van der Waals surface area contributed by atoms with Crippen molar-refractivity contribution in [2.45, 2.75) is 13.3 Å². The number of phenols is 2. The Morgan fingerprint density at radius 2 is 1.30 bits per heavy atom. The number of allylic oxidation sites excluding steroid dienone is 4. The summed E-state index contributed by atoms with van der Waals surface area (Å²) in [7, 11) is 3.54. The average Bonchev–Trinajstić information content (AvgIpc) is 3.33. The molecule has 0 saturated heterocycles. The van der Waals surface area contributed by atoms with Crippen molar-refractivity contribution in [3.63, 3.8) is 0 Å². The normalized spacial score (nSPS) is 14.8. The number of aromatic hydroxyl groups is 2. The highest BCUT2D eigenvalue weighted by molar-refractivity contribution is 14.1. The number of fused-ring (bicyclic) bond motifs is 1. The monoisotopic (exact) mass is 717 g/mol. The van der Waals surface area contributed by atoms with Crippen molar-refractivity contribution in [2.24, 2.45) is 9.98 Å². The Kier molecular flexibility index (Phi) is 8.75. The molecule has 2 N–H and O–H groups in total. The van der Waals surface area contributed by atoms with Crippen LogP contribution in [-0.2, 0) is 6.42 Å². The predicted molar refractivity (Wildman–Crippen MR) is 167 cm³/mol. The van der Waals surface area contributed by atoms with Crippen LogP contribution in [0.1, 0.15) is 16.7 Å². The Labute approximate surface area is 242 Å². The van der Waals surface area contributed by atoms with E-state index >= 15 is 0 Å². The number of rotatable bonds is 3. The summed E-state index contributed by atoms with van der Waals surface area (Å²) in [5, 5.41) is 30.2. The van der Waals surface area contributed by atoms with Crippen molar-refractivity contribution in [2.75, 3.05) is 14.1 Å². The average molecular weight is 717 g/mol. The molecule has 0 radical (unpaired) electrons. The van der Waals surface area contributed by atoms with Gasteiger partial charge < -0.3 is 10.2 Å². The Bertz CT molecular complexity index is 1530. The smallest absolute Gasteiger partial charge is 0.146 e. The molecule has 37 heavy (non-hydrogen) atoms. The van der Waals surface area contributed by atoms with Crippen LogP contribution in [0.3, 0.4) is 0 Å². The van der Waals surface area contributed by atoms with Gasteiger partial charge in [-0.25, -0.2) is 0 Å². The molecule has 1 aliphatic carbocycles. The number of aromatic nitrogens is 3. The van der Waals surface area contributed by atoms with Gasteiger partial charge in [0.15, 0.2) is 0 Å². The molecule has 0 saturated carbocycles. The summed E-state index contributed by atoms with van der Waals surface area (Å²) >= 11 is 4.44. The molecular weight excluding hydrogens is 692 g/mol. The van der Waals surface area contributed by atoms with Gasteiger partial charge in [0, 0.05) is 33.2 Å². The lowest BCUT2D eigenvalue weighted by atomic mass is 10.0. The number of halogens is 2. The van der Waals surface area contributed by atoms with Crippen LogP contribution in [0, 0.1) is 14.1 Å². The van der Waals surface area contributed by atoms with Crippen LogP contribution in [0.15, 0.2) is 82.8 Å². The van der Waals surface area contributed by atoms with Crippen LogP contribution in [0.25, 0.3) is 16.7 Å². The van der Waals surface area contributed by atoms with Crippen molar-refractivity contribution in [3.05, 3.63) is 96.7 Å². The van der Waals surface area contributed by atoms with E-state index in [1.165, 1.54) is 4.80 Å². The fraction of sp³-hybridized carbons (Fsp3) is 0.143. The Hall–Kier alpha value is -3.06. The zero-order valence-electron chi connectivity index (χ0n) is 20.5. The van der Waals surface area contributed by atoms with Gasteiger partial charge in [-0.1, -0.05) is 24.3 Å². The van der Waals surface area contributed by atoms with Gasteiger partial charge >= 0.3 is 0 Å². The van der Waals surface area contributed by atoms with Gasteiger partial charge in [-0.05, 0) is 112 Å². The topological polar surface area (TPSA) is 95.9 Å². The van der Waals surface area contributed by atoms with Gasteiger partial charge in [0.1, 0.15) is 28.2 Å². The maximum Gasteiger partial charge on any atom is 0.146 e. The highest BCUT2D eigenvalue weighted by atomic mass is 127. The van der Waals surface area contributed by atoms with Gasteiger partial charge in [-0.3, -0.25) is 9.98 Å². The second-order valence-electron chi connectivity index (χ2n) is 8.25. The van der Waals surface area contributed by atoms with Gasteiger partial charge in [-0.15, -0.1) is 15.0 Å². The van der Waals surface area contributed by atoms with Crippen LogP contribution in [0.2, 0.25) is 0 Å². The first-order valence-corrected chi connectivity index (χ1v) is 13.6. The molecule has 0 fully saturated rings. The molecule has 0 aliphatic heterocycles. The SMILES string of the molecule is CN=C1C=CC=CC1=NC.Cc1cc(I)cc(Cc2cc(I)cc(-n3nc4ccccc4n3)c2O)c1O. The van der Waals surface area contributed by atoms with Gasteiger partial charge in [0.2, 0.25) is 0 Å². The quantitative estimate of drug-likeness (QED) is 0.195. The summed E-state index contributed by atoms with van der Waals surface area (Å²) in [6, 6.07) is 15.2. The molecular formula is C28H25I2N5O2. The molecule has 0 bridgehead atoms. The van der Waals surface area contributed by atoms with E-state index in [0.717, 1.165) is 46.3 Å². The van der Waals surface area contributed by atoms with Crippen molar-refractivity contribution >= 4 is 67.6 Å². The summed E-state index contributed by atoms with van der Waals surface area (Å²) < 4.78 is 2.00. The number of aryl methyl sites for hydroxylation is 1. The Morgan fingerprint density at radius 3 is 1.84 bits per heavy atom. The lowest BCUT2D eigenvalue weighted by Crippen LogP contribution is -2.10. The number of hydrogen-bond acceptors (Lipinski definition) is 6. The minimum Gasteiger partial charge on any atom is -0.507 e. The third-order valence-corrected chi connectivity index (χ3v) is 6.97. The second-order valence-corrected chi connectivity index (χ2v) is 10.7. The van der Waals surface area contributed by atoms with E-state index in [9.17, 15) is 10.2 Å². The standard InChI is InChI=1S/C20H15I2N3O2.C8H10N2/c1-11-6-14(21)8-12(19(11)26)7-13-9-15(22)10-18(20(13)27)25-23-16-4-2-3-5-17(16)24-25;1-9-7-5-3-4-6-8(7)10-2/h2-6,8-10,26-27H,7H2,1H3;3-6H,1-2H3. The molecule has 0 amide bonds. The van der Waals surface area contributed by atoms with Crippen LogP contribution in [0.5, 0.6) is 11.5 Å². The molecule has 1 aliphatic rings. The minimum atomic E-state index is 0.117. The van der Waals surface area contributed by atoms with Crippen molar-refractivity contribution in [3.8, 4) is 17.2 Å². The van der Waals surface area contributed by atoms with E-state index in [1.54, 1.807) is 14.1 Å².